The van der Waals surface area contributed by atoms with Gasteiger partial charge in [-0.2, -0.15) is 23.8 Å². The Bertz CT molecular complexity index is 6890. The summed E-state index contributed by atoms with van der Waals surface area (Å²) in [7, 11) is 0. The van der Waals surface area contributed by atoms with E-state index in [0.29, 0.717) is 0 Å². The topological polar surface area (TPSA) is 215 Å². The maximum absolute atomic E-state index is 10.0. The molecule has 12 aromatic carbocycles. The van der Waals surface area contributed by atoms with Crippen LogP contribution in [0.5, 0.6) is 0 Å². The van der Waals surface area contributed by atoms with Crippen molar-refractivity contribution in [3.8, 4) is 78.1 Å². The monoisotopic (exact) mass is 2900 g/mol. The quantitative estimate of drug-likeness (QED) is 0.0660. The molecule has 0 spiro atoms. The molecule has 0 amide bonds. The maximum Gasteiger partial charge on any atom is 0.155 e. The van der Waals surface area contributed by atoms with Gasteiger partial charge in [-0.25, -0.2) is 11.3 Å². The van der Waals surface area contributed by atoms with E-state index in [1.165, 1.54) is 124 Å². The minimum atomic E-state index is -0.125. The van der Waals surface area contributed by atoms with E-state index in [-0.39, 0.29) is 156 Å². The summed E-state index contributed by atoms with van der Waals surface area (Å²) in [6, 6.07) is 138. The van der Waals surface area contributed by atoms with Crippen LogP contribution < -0.4 is 0 Å². The standard InChI is InChI=1S/2C19H12N.C15H10N.C14H9N2.C13H8NS.2C11H8N.3C5H8O2.5Ir.Pt/c1-2-8-16-13-20-19(12-15(16)7-1)18-11-5-9-14-6-3-4-10-17(14)18;1-2-7-16-13-17(10-9-14(16)5-1)19-18-8-4-3-6-15(18)11-12-20-19;1-2-7-13(8-3-1)15-14-9-5-4-6-12(14)10-11-16-15;1-2-4-13-11(3-1)7-10-16-14(13)12-5-8-15-9-6-12;1-2-5-11-10(4-1)7-8-14-13(11)12-6-3-9-15-12;2*1-2-6-10(7-3-1)11-8-4-5-9-12-11;3*1-4(6)3-5(2)7;;;;;;/h1-10,12-13H;1-9,11-13H;1-7,9-11H;1-5,7-10H;1-5,7-9H;2*1-6,8-9H;3*3,6H,1-2H3;;;;;;/q7*-1;;;;;;;;;. The number of carbonyl (C=O) groups is 3. The Morgan fingerprint density at radius 2 is 0.638 bits per heavy atom. The fourth-order valence-corrected chi connectivity index (χ4v) is 14.2. The van der Waals surface area contributed by atoms with E-state index in [0.717, 1.165) is 88.9 Å². The molecule has 14 nitrogen and oxygen atoms in total. The number of hydrogen-bond acceptors (Lipinski definition) is 15. The van der Waals surface area contributed by atoms with Gasteiger partial charge in [0.2, 0.25) is 0 Å². The number of fused-ring (bicyclic) bond motifs is 7. The van der Waals surface area contributed by atoms with Crippen LogP contribution in [0.2, 0.25) is 0 Å². The Labute approximate surface area is 890 Å². The van der Waals surface area contributed by atoms with Crippen molar-refractivity contribution in [2.24, 2.45) is 0 Å². The van der Waals surface area contributed by atoms with Crippen LogP contribution in [0, 0.1) is 42.5 Å². The molecule has 0 saturated heterocycles. The summed E-state index contributed by atoms with van der Waals surface area (Å²) in [5.41, 5.74) is 13.1. The summed E-state index contributed by atoms with van der Waals surface area (Å²) in [6.07, 6.45) is 19.8. The first-order chi connectivity index (χ1) is 64.5. The average Bonchev–Trinajstić information content (AvgIpc) is 0.902. The normalized spacial score (nSPS) is 10.2. The van der Waals surface area contributed by atoms with Gasteiger partial charge in [0.25, 0.3) is 0 Å². The molecule has 0 aliphatic rings. The fraction of sp³-hybridized carbons (Fsp3) is 0.0513. The van der Waals surface area contributed by atoms with Crippen molar-refractivity contribution < 1.29 is 151 Å². The SMILES string of the molecule is CC(=O)C=C(C)O.CC(=O)C=C(C)O.CC(=O)C=C(C)O.[Ir].[Ir].[Ir].[Ir].[Ir].[Pt].[c-]1cc2ccccc2cc1-c1nccc2ccccc12.[c-]1ccc2ccccc2c1-c1cc2ccccc2cn1.[c-]1ccccc1-c1ccccn1.[c-]1ccccc1-c1ccccn1.[c-]1ccccc1-c1nccc2ccccc12.[c-]1ccsc1-c1nccc2ccccc12.[c-]1cnccc1-c1nccc2ccccc12. The minimum Gasteiger partial charge on any atom is -0.512 e. The second kappa shape index (κ2) is 61.2. The first kappa shape index (κ1) is 114. The van der Waals surface area contributed by atoms with Gasteiger partial charge in [0.1, 0.15) is 0 Å². The van der Waals surface area contributed by atoms with E-state index in [1.54, 1.807) is 36.1 Å². The number of pyridine rings is 8. The number of carbonyl (C=O) groups excluding carboxylic acids is 3. The zero-order chi connectivity index (χ0) is 92.4. The summed E-state index contributed by atoms with van der Waals surface area (Å²) < 4.78 is 0. The molecule has 0 atom stereocenters. The number of allylic oxidation sites excluding steroid dienone is 6. The number of hydrogen-bond donors (Lipinski definition) is 3. The van der Waals surface area contributed by atoms with Crippen molar-refractivity contribution >= 4 is 104 Å². The number of aliphatic hydroxyl groups excluding tert-OH is 3. The van der Waals surface area contributed by atoms with Crippen LogP contribution >= 0.6 is 11.3 Å². The molecule has 0 saturated carbocycles. The van der Waals surface area contributed by atoms with Crippen molar-refractivity contribution in [1.29, 1.82) is 0 Å². The molecule has 0 fully saturated rings. The number of rotatable bonds is 10. The zero-order valence-electron chi connectivity index (χ0n) is 75.4. The summed E-state index contributed by atoms with van der Waals surface area (Å²) in [4.78, 5) is 66.0. The van der Waals surface area contributed by atoms with Crippen molar-refractivity contribution in [1.82, 2.24) is 39.9 Å². The maximum atomic E-state index is 10.0. The molecule has 21 aromatic rings. The first-order valence-corrected chi connectivity index (χ1v) is 43.0. The van der Waals surface area contributed by atoms with E-state index in [9.17, 15) is 14.4 Å². The number of aliphatic hydroxyl groups is 3. The Morgan fingerprint density at radius 3 is 1.02 bits per heavy atom. The number of benzene rings is 12. The third-order valence-corrected chi connectivity index (χ3v) is 20.1. The predicted molar refractivity (Wildman–Crippen MR) is 539 cm³/mol. The molecule has 9 heterocycles. The van der Waals surface area contributed by atoms with Crippen LogP contribution in [0.4, 0.5) is 0 Å². The zero-order valence-corrected chi connectivity index (χ0v) is 90.5. The average molecular weight is 2890 g/mol. The molecule has 3 N–H and O–H groups in total. The molecule has 138 heavy (non-hydrogen) atoms. The minimum absolute atomic E-state index is 0. The number of nitrogens with zero attached hydrogens (tertiary/aromatic N) is 8. The van der Waals surface area contributed by atoms with E-state index < -0.39 is 0 Å². The number of ketones is 3. The van der Waals surface area contributed by atoms with Gasteiger partial charge in [-0.15, -0.1) is 177 Å². The summed E-state index contributed by atoms with van der Waals surface area (Å²) >= 11 is 1.67. The van der Waals surface area contributed by atoms with Crippen molar-refractivity contribution in [2.45, 2.75) is 41.5 Å². The van der Waals surface area contributed by atoms with Crippen molar-refractivity contribution in [3.63, 3.8) is 0 Å². The summed E-state index contributed by atoms with van der Waals surface area (Å²) in [5, 5.41) is 43.8. The molecule has 703 valence electrons. The molecular weight excluding hydrogens is 2800 g/mol. The second-order valence-corrected chi connectivity index (χ2v) is 30.3. The third kappa shape index (κ3) is 35.5. The van der Waals surface area contributed by atoms with E-state index >= 15 is 0 Å². The summed E-state index contributed by atoms with van der Waals surface area (Å²) in [5.74, 6) is -0.187. The summed E-state index contributed by atoms with van der Waals surface area (Å²) in [6.45, 7) is 8.54. The Hall–Kier alpha value is -13.1. The predicted octanol–water partition coefficient (Wildman–Crippen LogP) is 28.5. The van der Waals surface area contributed by atoms with Crippen LogP contribution in [0.25, 0.3) is 154 Å². The number of thiophene rings is 1. The van der Waals surface area contributed by atoms with Gasteiger partial charge in [0, 0.05) is 183 Å². The van der Waals surface area contributed by atoms with E-state index in [2.05, 4.69) is 222 Å². The van der Waals surface area contributed by atoms with Crippen molar-refractivity contribution in [3.05, 3.63) is 485 Å². The van der Waals surface area contributed by atoms with Gasteiger partial charge in [0.05, 0.1) is 17.3 Å². The smallest absolute Gasteiger partial charge is 0.155 e. The molecule has 0 bridgehead atoms. The van der Waals surface area contributed by atoms with Gasteiger partial charge in [-0.3, -0.25) is 19.4 Å². The van der Waals surface area contributed by atoms with Crippen LogP contribution in [0.1, 0.15) is 41.5 Å². The molecule has 9 aromatic heterocycles. The fourth-order valence-electron chi connectivity index (χ4n) is 13.6. The van der Waals surface area contributed by atoms with Crippen molar-refractivity contribution in [2.75, 3.05) is 0 Å². The van der Waals surface area contributed by atoms with E-state index in [4.69, 9.17) is 15.3 Å². The van der Waals surface area contributed by atoms with E-state index in [1.807, 2.05) is 243 Å². The molecule has 21 heteroatoms. The van der Waals surface area contributed by atoms with Crippen LogP contribution in [0.15, 0.2) is 442 Å². The molecule has 21 rings (SSSR count). The second-order valence-electron chi connectivity index (χ2n) is 29.3. The van der Waals surface area contributed by atoms with Crippen LogP contribution in [-0.2, 0) is 136 Å². The molecule has 0 aliphatic carbocycles. The van der Waals surface area contributed by atoms with Gasteiger partial charge in [-0.1, -0.05) is 216 Å². The Balaban J connectivity index is 0.000000238. The Morgan fingerprint density at radius 1 is 0.275 bits per heavy atom. The Kier molecular flexibility index (Phi) is 50.4. The van der Waals surface area contributed by atoms with Gasteiger partial charge >= 0.3 is 0 Å². The number of aromatic nitrogens is 8. The molecule has 0 unspecified atom stereocenters. The molecular formula is C117H91Ir5N8O6PtS-7. The van der Waals surface area contributed by atoms with Gasteiger partial charge in [-0.05, 0) is 184 Å². The molecule has 5 radical (unpaired) electrons. The third-order valence-electron chi connectivity index (χ3n) is 19.3. The van der Waals surface area contributed by atoms with Crippen LogP contribution in [0.3, 0.4) is 0 Å². The largest absolute Gasteiger partial charge is 0.512 e. The first-order valence-electron chi connectivity index (χ1n) is 42.1. The van der Waals surface area contributed by atoms with Gasteiger partial charge < -0.3 is 50.2 Å². The van der Waals surface area contributed by atoms with Gasteiger partial charge in [0.15, 0.2) is 17.3 Å². The van der Waals surface area contributed by atoms with Crippen LogP contribution in [-0.4, -0.2) is 72.5 Å². The molecule has 0 aliphatic heterocycles.